The van der Waals surface area contributed by atoms with Gasteiger partial charge in [-0.1, -0.05) is 5.16 Å². The summed E-state index contributed by atoms with van der Waals surface area (Å²) in [6.07, 6.45) is 3.14. The number of aryl methyl sites for hydroxylation is 1. The standard InChI is InChI=1S/C18H25N7O3/c1-12-14(11-28-21-12)17(26)24-8-9-25-15(10-24)19-20-16(25)13-4-6-23(7-5-13)18(27)22(2)3/h11,13H,4-10H2,1-3H3. The fourth-order valence-electron chi connectivity index (χ4n) is 3.94. The van der Waals surface area contributed by atoms with Gasteiger partial charge in [-0.25, -0.2) is 4.79 Å². The average molecular weight is 387 g/mol. The Morgan fingerprint density at radius 2 is 1.86 bits per heavy atom. The number of piperidine rings is 1. The molecule has 3 amide bonds. The van der Waals surface area contributed by atoms with Crippen LogP contribution in [-0.2, 0) is 13.1 Å². The van der Waals surface area contributed by atoms with Gasteiger partial charge < -0.3 is 23.8 Å². The summed E-state index contributed by atoms with van der Waals surface area (Å²) in [7, 11) is 3.55. The number of hydrogen-bond acceptors (Lipinski definition) is 6. The quantitative estimate of drug-likeness (QED) is 0.765. The molecule has 4 rings (SSSR count). The van der Waals surface area contributed by atoms with Crippen LogP contribution in [0.2, 0.25) is 0 Å². The molecule has 0 unspecified atom stereocenters. The molecular weight excluding hydrogens is 362 g/mol. The third-order valence-corrected chi connectivity index (χ3v) is 5.56. The molecule has 150 valence electrons. The number of urea groups is 1. The SMILES string of the molecule is Cc1nocc1C(=O)N1CCn2c(nnc2C2CCN(C(=O)N(C)C)CC2)C1. The lowest BCUT2D eigenvalue weighted by molar-refractivity contribution is 0.0704. The fourth-order valence-corrected chi connectivity index (χ4v) is 3.94. The minimum Gasteiger partial charge on any atom is -0.364 e. The molecule has 10 heteroatoms. The first kappa shape index (κ1) is 18.5. The van der Waals surface area contributed by atoms with Gasteiger partial charge in [0.2, 0.25) is 0 Å². The normalized spacial score (nSPS) is 17.5. The molecule has 0 aliphatic carbocycles. The minimum atomic E-state index is -0.0925. The first-order chi connectivity index (χ1) is 13.5. The van der Waals surface area contributed by atoms with Gasteiger partial charge >= 0.3 is 6.03 Å². The maximum absolute atomic E-state index is 12.7. The largest absolute Gasteiger partial charge is 0.364 e. The molecule has 0 atom stereocenters. The van der Waals surface area contributed by atoms with Gasteiger partial charge in [0.15, 0.2) is 5.82 Å². The molecule has 1 saturated heterocycles. The smallest absolute Gasteiger partial charge is 0.319 e. The van der Waals surface area contributed by atoms with Crippen molar-refractivity contribution in [3.05, 3.63) is 29.2 Å². The van der Waals surface area contributed by atoms with Gasteiger partial charge in [-0.05, 0) is 19.8 Å². The topological polar surface area (TPSA) is 101 Å². The molecule has 0 spiro atoms. The van der Waals surface area contributed by atoms with Gasteiger partial charge in [0.1, 0.15) is 17.7 Å². The van der Waals surface area contributed by atoms with Crippen molar-refractivity contribution in [2.75, 3.05) is 33.7 Å². The Bertz CT molecular complexity index is 880. The molecule has 28 heavy (non-hydrogen) atoms. The van der Waals surface area contributed by atoms with E-state index in [4.69, 9.17) is 4.52 Å². The highest BCUT2D eigenvalue weighted by Gasteiger charge is 2.32. The number of likely N-dealkylation sites (tertiary alicyclic amines) is 1. The Balaban J connectivity index is 1.43. The van der Waals surface area contributed by atoms with Crippen molar-refractivity contribution < 1.29 is 14.1 Å². The Morgan fingerprint density at radius 1 is 1.11 bits per heavy atom. The van der Waals surface area contributed by atoms with E-state index in [9.17, 15) is 9.59 Å². The second-order valence-corrected chi connectivity index (χ2v) is 7.60. The van der Waals surface area contributed by atoms with Gasteiger partial charge in [0.25, 0.3) is 5.91 Å². The Hall–Kier alpha value is -2.91. The van der Waals surface area contributed by atoms with Crippen molar-refractivity contribution in [1.29, 1.82) is 0 Å². The van der Waals surface area contributed by atoms with Crippen LogP contribution in [0.5, 0.6) is 0 Å². The lowest BCUT2D eigenvalue weighted by Gasteiger charge is -2.34. The van der Waals surface area contributed by atoms with Crippen LogP contribution in [0.3, 0.4) is 0 Å². The van der Waals surface area contributed by atoms with E-state index in [1.54, 1.807) is 30.8 Å². The predicted molar refractivity (Wildman–Crippen MR) is 98.6 cm³/mol. The molecule has 0 saturated carbocycles. The van der Waals surface area contributed by atoms with Crippen LogP contribution in [0.15, 0.2) is 10.8 Å². The molecule has 1 fully saturated rings. The second-order valence-electron chi connectivity index (χ2n) is 7.60. The molecular formula is C18H25N7O3. The van der Waals surface area contributed by atoms with E-state index in [0.717, 1.165) is 37.6 Å². The highest BCUT2D eigenvalue weighted by Crippen LogP contribution is 2.29. The third kappa shape index (κ3) is 3.23. The van der Waals surface area contributed by atoms with Gasteiger partial charge in [0, 0.05) is 46.2 Å². The molecule has 2 aliphatic rings. The summed E-state index contributed by atoms with van der Waals surface area (Å²) in [5.41, 5.74) is 1.09. The number of fused-ring (bicyclic) bond motifs is 1. The van der Waals surface area contributed by atoms with Crippen molar-refractivity contribution in [2.45, 2.75) is 38.8 Å². The maximum Gasteiger partial charge on any atom is 0.319 e. The van der Waals surface area contributed by atoms with Crippen molar-refractivity contribution in [1.82, 2.24) is 34.6 Å². The monoisotopic (exact) mass is 387 g/mol. The van der Waals surface area contributed by atoms with E-state index in [2.05, 4.69) is 19.9 Å². The molecule has 0 N–H and O–H groups in total. The zero-order valence-electron chi connectivity index (χ0n) is 16.5. The maximum atomic E-state index is 12.7. The van der Waals surface area contributed by atoms with E-state index < -0.39 is 0 Å². The summed E-state index contributed by atoms with van der Waals surface area (Å²) < 4.78 is 7.03. The van der Waals surface area contributed by atoms with Gasteiger partial charge in [0.05, 0.1) is 12.2 Å². The van der Waals surface area contributed by atoms with Crippen LogP contribution < -0.4 is 0 Å². The molecule has 0 aromatic carbocycles. The highest BCUT2D eigenvalue weighted by molar-refractivity contribution is 5.94. The number of rotatable bonds is 2. The minimum absolute atomic E-state index is 0.0555. The highest BCUT2D eigenvalue weighted by atomic mass is 16.5. The molecule has 2 aliphatic heterocycles. The van der Waals surface area contributed by atoms with Crippen molar-refractivity contribution in [3.63, 3.8) is 0 Å². The van der Waals surface area contributed by atoms with Gasteiger partial charge in [-0.15, -0.1) is 10.2 Å². The van der Waals surface area contributed by atoms with Gasteiger partial charge in [-0.3, -0.25) is 4.79 Å². The van der Waals surface area contributed by atoms with E-state index in [1.807, 2.05) is 4.90 Å². The molecule has 10 nitrogen and oxygen atoms in total. The summed E-state index contributed by atoms with van der Waals surface area (Å²) in [5, 5.41) is 12.6. The molecule has 4 heterocycles. The summed E-state index contributed by atoms with van der Waals surface area (Å²) in [6.45, 7) is 4.90. The first-order valence-electron chi connectivity index (χ1n) is 9.54. The summed E-state index contributed by atoms with van der Waals surface area (Å²) in [6, 6.07) is 0.0555. The van der Waals surface area contributed by atoms with Crippen LogP contribution in [0.1, 0.15) is 46.5 Å². The van der Waals surface area contributed by atoms with Gasteiger partial charge in [-0.2, -0.15) is 0 Å². The van der Waals surface area contributed by atoms with E-state index in [-0.39, 0.29) is 17.9 Å². The zero-order chi connectivity index (χ0) is 19.8. The average Bonchev–Trinajstić information content (AvgIpc) is 3.32. The lowest BCUT2D eigenvalue weighted by Crippen LogP contribution is -2.44. The van der Waals surface area contributed by atoms with E-state index >= 15 is 0 Å². The summed E-state index contributed by atoms with van der Waals surface area (Å²) >= 11 is 0. The molecule has 2 aromatic heterocycles. The van der Waals surface area contributed by atoms with Crippen LogP contribution in [-0.4, -0.2) is 80.3 Å². The number of hydrogen-bond donors (Lipinski definition) is 0. The van der Waals surface area contributed by atoms with Crippen LogP contribution >= 0.6 is 0 Å². The Kier molecular flexibility index (Phi) is 4.78. The number of carbonyl (C=O) groups is 2. The number of nitrogens with zero attached hydrogens (tertiary/aromatic N) is 7. The van der Waals surface area contributed by atoms with Crippen LogP contribution in [0.25, 0.3) is 0 Å². The third-order valence-electron chi connectivity index (χ3n) is 5.56. The lowest BCUT2D eigenvalue weighted by atomic mass is 9.96. The molecule has 0 radical (unpaired) electrons. The summed E-state index contributed by atoms with van der Waals surface area (Å²) in [4.78, 5) is 30.0. The first-order valence-corrected chi connectivity index (χ1v) is 9.54. The van der Waals surface area contributed by atoms with Crippen molar-refractivity contribution in [3.8, 4) is 0 Å². The van der Waals surface area contributed by atoms with Crippen LogP contribution in [0.4, 0.5) is 4.79 Å². The number of amides is 3. The van der Waals surface area contributed by atoms with E-state index in [0.29, 0.717) is 30.9 Å². The zero-order valence-corrected chi connectivity index (χ0v) is 16.5. The predicted octanol–water partition coefficient (Wildman–Crippen LogP) is 1.09. The molecule has 2 aromatic rings. The van der Waals surface area contributed by atoms with Crippen molar-refractivity contribution >= 4 is 11.9 Å². The second kappa shape index (κ2) is 7.25. The molecule has 0 bridgehead atoms. The van der Waals surface area contributed by atoms with Crippen molar-refractivity contribution in [2.24, 2.45) is 0 Å². The Labute approximate surface area is 163 Å². The van der Waals surface area contributed by atoms with Crippen LogP contribution in [0, 0.1) is 6.92 Å². The Morgan fingerprint density at radius 3 is 2.50 bits per heavy atom. The number of aromatic nitrogens is 4. The number of carbonyl (C=O) groups excluding carboxylic acids is 2. The summed E-state index contributed by atoms with van der Waals surface area (Å²) in [5.74, 6) is 1.97. The van der Waals surface area contributed by atoms with E-state index in [1.165, 1.54) is 6.26 Å². The fraction of sp³-hybridized carbons (Fsp3) is 0.611.